The second-order valence-electron chi connectivity index (χ2n) is 5.70. The fourth-order valence-electron chi connectivity index (χ4n) is 2.39. The molecule has 10 nitrogen and oxygen atoms in total. The summed E-state index contributed by atoms with van der Waals surface area (Å²) in [6.07, 6.45) is 0. The fraction of sp³-hybridized carbons (Fsp3) is 0.176. The molecule has 0 aliphatic rings. The molecule has 2 aromatic carbocycles. The Hall–Kier alpha value is -3.53. The first-order chi connectivity index (χ1) is 13.5. The molecule has 0 saturated carbocycles. The van der Waals surface area contributed by atoms with Gasteiger partial charge in [-0.2, -0.15) is 4.80 Å². The van der Waals surface area contributed by atoms with Gasteiger partial charge in [-0.1, -0.05) is 23.7 Å². The van der Waals surface area contributed by atoms with Gasteiger partial charge < -0.3 is 10.6 Å². The third kappa shape index (κ3) is 5.01. The van der Waals surface area contributed by atoms with Gasteiger partial charge in [0.2, 0.25) is 11.7 Å². The van der Waals surface area contributed by atoms with Crippen molar-refractivity contribution in [3.05, 3.63) is 63.7 Å². The quantitative estimate of drug-likeness (QED) is 0.336. The number of nitrogens with zero attached hydrogens (tertiary/aromatic N) is 5. The zero-order valence-electron chi connectivity index (χ0n) is 14.6. The van der Waals surface area contributed by atoms with Gasteiger partial charge in [-0.3, -0.25) is 14.9 Å². The van der Waals surface area contributed by atoms with E-state index in [4.69, 9.17) is 11.6 Å². The lowest BCUT2D eigenvalue weighted by atomic mass is 10.2. The molecule has 0 saturated heterocycles. The molecule has 144 valence electrons. The Morgan fingerprint density at radius 3 is 2.64 bits per heavy atom. The summed E-state index contributed by atoms with van der Waals surface area (Å²) in [5.74, 6) is 0.0898. The molecular formula is C17H16ClN7O3. The number of carbonyl (C=O) groups excluding carboxylic acids is 1. The van der Waals surface area contributed by atoms with Crippen molar-refractivity contribution in [1.82, 2.24) is 25.5 Å². The second kappa shape index (κ2) is 8.91. The summed E-state index contributed by atoms with van der Waals surface area (Å²) in [5, 5.41) is 29.1. The lowest BCUT2D eigenvalue weighted by molar-refractivity contribution is -0.384. The van der Waals surface area contributed by atoms with Gasteiger partial charge in [-0.05, 0) is 35.5 Å². The molecule has 28 heavy (non-hydrogen) atoms. The molecule has 1 amide bonds. The van der Waals surface area contributed by atoms with Crippen molar-refractivity contribution < 1.29 is 9.72 Å². The molecule has 0 radical (unpaired) electrons. The van der Waals surface area contributed by atoms with Gasteiger partial charge in [0.1, 0.15) is 12.2 Å². The molecule has 0 fully saturated rings. The minimum absolute atomic E-state index is 0.0182. The van der Waals surface area contributed by atoms with Crippen molar-refractivity contribution in [2.75, 3.05) is 18.4 Å². The lowest BCUT2D eigenvalue weighted by Crippen LogP contribution is -2.32. The van der Waals surface area contributed by atoms with E-state index in [0.717, 1.165) is 5.56 Å². The number of tetrazole rings is 1. The van der Waals surface area contributed by atoms with Crippen molar-refractivity contribution in [3.8, 4) is 11.4 Å². The Bertz CT molecular complexity index is 975. The maximum Gasteiger partial charge on any atom is 0.292 e. The summed E-state index contributed by atoms with van der Waals surface area (Å²) >= 11 is 5.84. The number of rotatable bonds is 8. The van der Waals surface area contributed by atoms with Crippen LogP contribution in [0, 0.1) is 10.1 Å². The maximum absolute atomic E-state index is 12.0. The van der Waals surface area contributed by atoms with E-state index in [2.05, 4.69) is 26.0 Å². The molecule has 3 aromatic rings. The van der Waals surface area contributed by atoms with E-state index in [1.54, 1.807) is 42.5 Å². The van der Waals surface area contributed by atoms with Gasteiger partial charge in [0.15, 0.2) is 0 Å². The summed E-state index contributed by atoms with van der Waals surface area (Å²) < 4.78 is 0. The summed E-state index contributed by atoms with van der Waals surface area (Å²) in [6.45, 7) is 0.521. The minimum Gasteiger partial charge on any atom is -0.378 e. The van der Waals surface area contributed by atoms with E-state index in [0.29, 0.717) is 23.1 Å². The number of nitro groups is 1. The summed E-state index contributed by atoms with van der Waals surface area (Å²) in [4.78, 5) is 23.7. The minimum atomic E-state index is -0.463. The van der Waals surface area contributed by atoms with Crippen LogP contribution in [0.25, 0.3) is 11.4 Å². The van der Waals surface area contributed by atoms with Crippen LogP contribution in [0.3, 0.4) is 0 Å². The smallest absolute Gasteiger partial charge is 0.292 e. The van der Waals surface area contributed by atoms with Crippen LogP contribution in [-0.4, -0.2) is 44.1 Å². The highest BCUT2D eigenvalue weighted by Gasteiger charge is 2.12. The fourth-order valence-corrected chi connectivity index (χ4v) is 2.52. The van der Waals surface area contributed by atoms with Crippen molar-refractivity contribution in [2.45, 2.75) is 6.54 Å². The molecule has 0 aliphatic carbocycles. The average Bonchev–Trinajstić information content (AvgIpc) is 3.14. The van der Waals surface area contributed by atoms with Crippen LogP contribution in [0.15, 0.2) is 48.5 Å². The van der Waals surface area contributed by atoms with Gasteiger partial charge in [-0.25, -0.2) is 0 Å². The Morgan fingerprint density at radius 2 is 1.89 bits per heavy atom. The van der Waals surface area contributed by atoms with Crippen LogP contribution >= 0.6 is 11.6 Å². The Morgan fingerprint density at radius 1 is 1.14 bits per heavy atom. The molecule has 0 unspecified atom stereocenters. The predicted octanol–water partition coefficient (Wildman–Crippen LogP) is 2.13. The van der Waals surface area contributed by atoms with Crippen LogP contribution in [-0.2, 0) is 11.3 Å². The number of nitrogens with one attached hydrogen (secondary N) is 2. The monoisotopic (exact) mass is 401 g/mol. The first-order valence-electron chi connectivity index (χ1n) is 8.30. The first kappa shape index (κ1) is 19.2. The zero-order valence-corrected chi connectivity index (χ0v) is 15.3. The largest absolute Gasteiger partial charge is 0.378 e. The third-order valence-electron chi connectivity index (χ3n) is 3.70. The number of hydrogen-bond acceptors (Lipinski definition) is 7. The van der Waals surface area contributed by atoms with Gasteiger partial charge in [0.25, 0.3) is 5.69 Å². The standard InChI is InChI=1S/C17H16ClN7O3/c18-13-7-5-12(6-8-13)17-21-23-24(22-17)11-16(26)20-10-9-19-14-3-1-2-4-15(14)25(27)28/h1-8,19H,9-11H2,(H,20,26). The van der Waals surface area contributed by atoms with E-state index in [9.17, 15) is 14.9 Å². The normalized spacial score (nSPS) is 10.5. The zero-order chi connectivity index (χ0) is 19.9. The van der Waals surface area contributed by atoms with Crippen molar-refractivity contribution in [3.63, 3.8) is 0 Å². The SMILES string of the molecule is O=C(Cn1nnc(-c2ccc(Cl)cc2)n1)NCCNc1ccccc1[N+](=O)[O-]. The van der Waals surface area contributed by atoms with E-state index >= 15 is 0 Å². The molecule has 3 rings (SSSR count). The number of nitro benzene ring substituents is 1. The van der Waals surface area contributed by atoms with Crippen molar-refractivity contribution >= 4 is 28.9 Å². The molecule has 1 heterocycles. The predicted molar refractivity (Wildman–Crippen MR) is 103 cm³/mol. The topological polar surface area (TPSA) is 128 Å². The number of benzene rings is 2. The van der Waals surface area contributed by atoms with E-state index in [1.165, 1.54) is 10.9 Å². The second-order valence-corrected chi connectivity index (χ2v) is 6.14. The van der Waals surface area contributed by atoms with Crippen LogP contribution < -0.4 is 10.6 Å². The highest BCUT2D eigenvalue weighted by atomic mass is 35.5. The number of para-hydroxylation sites is 2. The number of anilines is 1. The molecule has 0 aliphatic heterocycles. The van der Waals surface area contributed by atoms with Gasteiger partial charge in [-0.15, -0.1) is 10.2 Å². The Balaban J connectivity index is 1.46. The number of amides is 1. The molecule has 0 spiro atoms. The Kier molecular flexibility index (Phi) is 6.12. The van der Waals surface area contributed by atoms with Crippen LogP contribution in [0.2, 0.25) is 5.02 Å². The molecule has 0 atom stereocenters. The summed E-state index contributed by atoms with van der Waals surface area (Å²) in [7, 11) is 0. The van der Waals surface area contributed by atoms with Crippen LogP contribution in [0.5, 0.6) is 0 Å². The number of carbonyl (C=O) groups is 1. The van der Waals surface area contributed by atoms with Gasteiger partial charge >= 0.3 is 0 Å². The average molecular weight is 402 g/mol. The van der Waals surface area contributed by atoms with Gasteiger partial charge in [0.05, 0.1) is 4.92 Å². The van der Waals surface area contributed by atoms with E-state index in [-0.39, 0.29) is 24.7 Å². The lowest BCUT2D eigenvalue weighted by Gasteiger charge is -2.08. The molecule has 1 aromatic heterocycles. The highest BCUT2D eigenvalue weighted by molar-refractivity contribution is 6.30. The number of aromatic nitrogens is 4. The number of halogens is 1. The highest BCUT2D eigenvalue weighted by Crippen LogP contribution is 2.22. The van der Waals surface area contributed by atoms with Crippen LogP contribution in [0.1, 0.15) is 0 Å². The Labute approximate surface area is 164 Å². The molecule has 0 bridgehead atoms. The summed E-state index contributed by atoms with van der Waals surface area (Å²) in [6, 6.07) is 13.3. The summed E-state index contributed by atoms with van der Waals surface area (Å²) in [5.41, 5.74) is 1.12. The maximum atomic E-state index is 12.0. The number of hydrogen-bond donors (Lipinski definition) is 2. The van der Waals surface area contributed by atoms with Crippen molar-refractivity contribution in [2.24, 2.45) is 0 Å². The third-order valence-corrected chi connectivity index (χ3v) is 3.96. The van der Waals surface area contributed by atoms with E-state index in [1.807, 2.05) is 0 Å². The first-order valence-corrected chi connectivity index (χ1v) is 8.68. The van der Waals surface area contributed by atoms with Crippen molar-refractivity contribution in [1.29, 1.82) is 0 Å². The van der Waals surface area contributed by atoms with E-state index < -0.39 is 4.92 Å². The molecule has 11 heteroatoms. The molecular weight excluding hydrogens is 386 g/mol. The van der Waals surface area contributed by atoms with Gasteiger partial charge in [0, 0.05) is 29.7 Å². The van der Waals surface area contributed by atoms with Crippen LogP contribution in [0.4, 0.5) is 11.4 Å². The molecule has 2 N–H and O–H groups in total.